The van der Waals surface area contributed by atoms with Crippen LogP contribution in [0, 0.1) is 3.57 Å². The molecule has 0 atom stereocenters. The Labute approximate surface area is 122 Å². The summed E-state index contributed by atoms with van der Waals surface area (Å²) in [7, 11) is 0. The second kappa shape index (κ2) is 5.39. The summed E-state index contributed by atoms with van der Waals surface area (Å²) in [4.78, 5) is 25.7. The molecule has 0 spiro atoms. The van der Waals surface area contributed by atoms with Gasteiger partial charge in [-0.05, 0) is 34.7 Å². The van der Waals surface area contributed by atoms with Crippen LogP contribution < -0.4 is 21.6 Å². The molecule has 7 heteroatoms. The van der Waals surface area contributed by atoms with Crippen LogP contribution in [0.4, 0.5) is 11.5 Å². The molecule has 0 unspecified atom stereocenters. The van der Waals surface area contributed by atoms with Crippen LogP contribution in [0.3, 0.4) is 0 Å². The molecule has 0 saturated carbocycles. The molecule has 0 radical (unpaired) electrons. The number of carbonyl (C=O) groups is 1. The number of aromatic amines is 1. The summed E-state index contributed by atoms with van der Waals surface area (Å²) in [5.41, 5.74) is 11.2. The number of benzene rings is 1. The van der Waals surface area contributed by atoms with Gasteiger partial charge in [0.15, 0.2) is 17.8 Å². The lowest BCUT2D eigenvalue weighted by Crippen LogP contribution is -2.44. The Morgan fingerprint density at radius 2 is 1.89 bits per heavy atom. The molecule has 98 valence electrons. The van der Waals surface area contributed by atoms with Gasteiger partial charge < -0.3 is 11.5 Å². The number of H-pyrrole nitrogens is 1. The van der Waals surface area contributed by atoms with Crippen molar-refractivity contribution < 1.29 is 9.36 Å². The van der Waals surface area contributed by atoms with Crippen molar-refractivity contribution >= 4 is 39.9 Å². The van der Waals surface area contributed by atoms with E-state index in [1.807, 2.05) is 12.1 Å². The highest BCUT2D eigenvalue weighted by atomic mass is 127. The summed E-state index contributed by atoms with van der Waals surface area (Å²) < 4.78 is 2.46. The molecule has 0 bridgehead atoms. The lowest BCUT2D eigenvalue weighted by Gasteiger charge is -2.05. The molecule has 1 heterocycles. The fourth-order valence-electron chi connectivity index (χ4n) is 1.57. The quantitative estimate of drug-likeness (QED) is 0.410. The number of hydrogen-bond donors (Lipinski definition) is 3. The van der Waals surface area contributed by atoms with Gasteiger partial charge in [-0.3, -0.25) is 4.79 Å². The molecule has 2 aromatic rings. The van der Waals surface area contributed by atoms with Crippen molar-refractivity contribution in [1.82, 2.24) is 4.98 Å². The first-order chi connectivity index (χ1) is 8.99. The van der Waals surface area contributed by atoms with Gasteiger partial charge in [-0.2, -0.15) is 0 Å². The average molecular weight is 371 g/mol. The van der Waals surface area contributed by atoms with Crippen LogP contribution in [0.2, 0.25) is 0 Å². The van der Waals surface area contributed by atoms with Crippen LogP contribution in [0.25, 0.3) is 0 Å². The van der Waals surface area contributed by atoms with Gasteiger partial charge in [0.1, 0.15) is 6.54 Å². The van der Waals surface area contributed by atoms with E-state index < -0.39 is 5.56 Å². The zero-order chi connectivity index (χ0) is 14.0. The largest absolute Gasteiger partial charge is 0.388 e. The second-order valence-electron chi connectivity index (χ2n) is 3.96. The first-order valence-corrected chi connectivity index (χ1v) is 6.51. The molecular formula is C12H12IN4O2+. The zero-order valence-corrected chi connectivity index (χ0v) is 12.0. The number of nitrogens with two attached hydrogens (primary N) is 2. The van der Waals surface area contributed by atoms with Crippen molar-refractivity contribution in [3.05, 3.63) is 50.1 Å². The summed E-state index contributed by atoms with van der Waals surface area (Å²) in [6, 6.07) is 7.19. The first-order valence-electron chi connectivity index (χ1n) is 5.44. The Morgan fingerprint density at radius 3 is 2.53 bits per heavy atom. The van der Waals surface area contributed by atoms with E-state index in [9.17, 15) is 9.59 Å². The number of halogens is 1. The Hall–Kier alpha value is -1.90. The van der Waals surface area contributed by atoms with Crippen LogP contribution in [0.1, 0.15) is 10.4 Å². The van der Waals surface area contributed by atoms with E-state index in [1.54, 1.807) is 12.1 Å². The highest BCUT2D eigenvalue weighted by Crippen LogP contribution is 2.08. The van der Waals surface area contributed by atoms with Crippen LogP contribution in [-0.4, -0.2) is 10.8 Å². The number of nitrogens with zero attached hydrogens (tertiary/aromatic N) is 1. The Morgan fingerprint density at radius 1 is 1.26 bits per heavy atom. The average Bonchev–Trinajstić information content (AvgIpc) is 2.40. The lowest BCUT2D eigenvalue weighted by molar-refractivity contribution is -0.671. The SMILES string of the molecule is Nc1c(N)[n+](CC(=O)c2ccc(I)cc2)c[nH]c1=O. The minimum absolute atomic E-state index is 0.0212. The molecule has 0 aliphatic heterocycles. The van der Waals surface area contributed by atoms with Gasteiger partial charge in [0.25, 0.3) is 0 Å². The van der Waals surface area contributed by atoms with Crippen LogP contribution >= 0.6 is 22.6 Å². The van der Waals surface area contributed by atoms with Gasteiger partial charge in [-0.15, -0.1) is 0 Å². The van der Waals surface area contributed by atoms with Crippen molar-refractivity contribution in [3.8, 4) is 0 Å². The van der Waals surface area contributed by atoms with Gasteiger partial charge in [-0.25, -0.2) is 14.3 Å². The molecule has 1 aromatic carbocycles. The van der Waals surface area contributed by atoms with Gasteiger partial charge in [-0.1, -0.05) is 12.1 Å². The summed E-state index contributed by atoms with van der Waals surface area (Å²) in [5.74, 6) is -0.0258. The standard InChI is InChI=1S/C12H11IN4O2/c13-8-3-1-7(2-4-8)9(18)5-17-6-16-12(19)10(14)11(17)15/h1-4,6H,5,14H2,(H2,15,19)/p+1. The first kappa shape index (κ1) is 13.5. The van der Waals surface area contributed by atoms with E-state index in [-0.39, 0.29) is 23.8 Å². The van der Waals surface area contributed by atoms with E-state index in [1.165, 1.54) is 10.9 Å². The predicted molar refractivity (Wildman–Crippen MR) is 79.6 cm³/mol. The molecule has 2 rings (SSSR count). The number of ketones is 1. The topological polar surface area (TPSA) is 106 Å². The lowest BCUT2D eigenvalue weighted by atomic mass is 10.1. The monoisotopic (exact) mass is 371 g/mol. The Bertz CT molecular complexity index is 679. The molecule has 19 heavy (non-hydrogen) atoms. The number of aromatic nitrogens is 2. The molecule has 5 N–H and O–H groups in total. The predicted octanol–water partition coefficient (Wildman–Crippen LogP) is 0.314. The van der Waals surface area contributed by atoms with Gasteiger partial charge in [0, 0.05) is 9.13 Å². The molecule has 0 fully saturated rings. The molecule has 0 aliphatic carbocycles. The molecule has 0 saturated heterocycles. The maximum atomic E-state index is 12.1. The zero-order valence-electron chi connectivity index (χ0n) is 9.89. The third kappa shape index (κ3) is 2.92. The van der Waals surface area contributed by atoms with Gasteiger partial charge >= 0.3 is 5.56 Å². The van der Waals surface area contributed by atoms with Crippen LogP contribution in [-0.2, 0) is 6.54 Å². The molecular weight excluding hydrogens is 359 g/mol. The van der Waals surface area contributed by atoms with Crippen LogP contribution in [0.5, 0.6) is 0 Å². The minimum Gasteiger partial charge on any atom is -0.388 e. The fourth-order valence-corrected chi connectivity index (χ4v) is 1.93. The van der Waals surface area contributed by atoms with Crippen molar-refractivity contribution in [2.45, 2.75) is 6.54 Å². The number of Topliss-reactive ketones (excluding diaryl/α,β-unsaturated/α-hetero) is 1. The fraction of sp³-hybridized carbons (Fsp3) is 0.0833. The van der Waals surface area contributed by atoms with E-state index >= 15 is 0 Å². The highest BCUT2D eigenvalue weighted by molar-refractivity contribution is 14.1. The summed E-state index contributed by atoms with van der Waals surface area (Å²) in [5, 5.41) is 0. The van der Waals surface area contributed by atoms with Crippen molar-refractivity contribution in [2.75, 3.05) is 11.5 Å². The van der Waals surface area contributed by atoms with E-state index in [4.69, 9.17) is 11.5 Å². The number of rotatable bonds is 3. The maximum Gasteiger partial charge on any atom is 0.333 e. The Kier molecular flexibility index (Phi) is 3.84. The van der Waals surface area contributed by atoms with Crippen LogP contribution in [0.15, 0.2) is 35.4 Å². The van der Waals surface area contributed by atoms with E-state index in [0.717, 1.165) is 3.57 Å². The number of anilines is 2. The van der Waals surface area contributed by atoms with Crippen molar-refractivity contribution in [3.63, 3.8) is 0 Å². The summed E-state index contributed by atoms with van der Waals surface area (Å²) in [6.45, 7) is 0.0212. The van der Waals surface area contributed by atoms with Gasteiger partial charge in [0.2, 0.25) is 5.82 Å². The molecule has 0 amide bonds. The van der Waals surface area contributed by atoms with Crippen molar-refractivity contribution in [1.29, 1.82) is 0 Å². The summed E-state index contributed by atoms with van der Waals surface area (Å²) >= 11 is 2.16. The Balaban J connectivity index is 2.27. The second-order valence-corrected chi connectivity index (χ2v) is 5.21. The molecule has 0 aliphatic rings. The van der Waals surface area contributed by atoms with E-state index in [2.05, 4.69) is 27.6 Å². The number of nitrogens with one attached hydrogen (secondary N) is 1. The smallest absolute Gasteiger partial charge is 0.333 e. The molecule has 6 nitrogen and oxygen atoms in total. The maximum absolute atomic E-state index is 12.1. The highest BCUT2D eigenvalue weighted by Gasteiger charge is 2.15. The number of nitrogen functional groups attached to an aromatic ring is 2. The van der Waals surface area contributed by atoms with Gasteiger partial charge in [0.05, 0.1) is 0 Å². The third-order valence-electron chi connectivity index (χ3n) is 2.66. The number of carbonyl (C=O) groups excluding carboxylic acids is 1. The van der Waals surface area contributed by atoms with Crippen molar-refractivity contribution in [2.24, 2.45) is 0 Å². The molecule has 1 aromatic heterocycles. The van der Waals surface area contributed by atoms with E-state index in [0.29, 0.717) is 5.56 Å². The minimum atomic E-state index is -0.463. The normalized spacial score (nSPS) is 10.4. The summed E-state index contributed by atoms with van der Waals surface area (Å²) in [6.07, 6.45) is 1.35. The number of hydrogen-bond acceptors (Lipinski definition) is 4. The third-order valence-corrected chi connectivity index (χ3v) is 3.38.